The summed E-state index contributed by atoms with van der Waals surface area (Å²) in [6.45, 7) is 0.722. The first-order valence-corrected chi connectivity index (χ1v) is 8.93. The quantitative estimate of drug-likeness (QED) is 0.665. The number of carbonyl (C=O) groups is 2. The molecule has 2 N–H and O–H groups in total. The number of aromatic nitrogens is 1. The second-order valence-corrected chi connectivity index (χ2v) is 6.21. The maximum atomic E-state index is 12.9. The minimum atomic E-state index is -0.400. The summed E-state index contributed by atoms with van der Waals surface area (Å²) >= 11 is 0. The first-order valence-electron chi connectivity index (χ1n) is 8.93. The van der Waals surface area contributed by atoms with Crippen molar-refractivity contribution < 1.29 is 14.0 Å². The van der Waals surface area contributed by atoms with E-state index in [9.17, 15) is 14.0 Å². The predicted octanol–water partition coefficient (Wildman–Crippen LogP) is 3.12. The Morgan fingerprint density at radius 1 is 0.750 bits per heavy atom. The van der Waals surface area contributed by atoms with Gasteiger partial charge in [0.25, 0.3) is 11.8 Å². The van der Waals surface area contributed by atoms with Gasteiger partial charge in [-0.15, -0.1) is 0 Å². The lowest BCUT2D eigenvalue weighted by molar-refractivity contribution is 0.0943. The van der Waals surface area contributed by atoms with Gasteiger partial charge in [0.15, 0.2) is 0 Å². The highest BCUT2D eigenvalue weighted by Crippen LogP contribution is 2.04. The zero-order valence-electron chi connectivity index (χ0n) is 15.2. The number of pyridine rings is 1. The van der Waals surface area contributed by atoms with Crippen molar-refractivity contribution in [2.45, 2.75) is 13.0 Å². The third-order valence-corrected chi connectivity index (χ3v) is 4.12. The molecule has 0 spiro atoms. The second kappa shape index (κ2) is 9.41. The van der Waals surface area contributed by atoms with Gasteiger partial charge in [-0.1, -0.05) is 48.5 Å². The van der Waals surface area contributed by atoms with Crippen LogP contribution in [-0.2, 0) is 13.0 Å². The van der Waals surface area contributed by atoms with Crippen LogP contribution in [0.1, 0.15) is 32.1 Å². The molecule has 3 aromatic rings. The molecular formula is C22H20FN3O2. The van der Waals surface area contributed by atoms with Crippen LogP contribution in [0.2, 0.25) is 0 Å². The summed E-state index contributed by atoms with van der Waals surface area (Å²) < 4.78 is 12.9. The van der Waals surface area contributed by atoms with Gasteiger partial charge in [-0.25, -0.2) is 9.37 Å². The summed E-state index contributed by atoms with van der Waals surface area (Å²) in [6, 6.07) is 20.4. The number of hydrogen-bond acceptors (Lipinski definition) is 3. The fraction of sp³-hybridized carbons (Fsp3) is 0.136. The average molecular weight is 377 g/mol. The summed E-state index contributed by atoms with van der Waals surface area (Å²) in [5.41, 5.74) is 2.23. The topological polar surface area (TPSA) is 71.1 Å². The Kier molecular flexibility index (Phi) is 6.46. The number of nitrogens with zero attached hydrogens (tertiary/aromatic N) is 1. The molecule has 142 valence electrons. The lowest BCUT2D eigenvalue weighted by Gasteiger charge is -2.08. The Hall–Kier alpha value is -3.54. The molecule has 1 aromatic heterocycles. The van der Waals surface area contributed by atoms with Gasteiger partial charge < -0.3 is 10.6 Å². The molecule has 0 saturated heterocycles. The van der Waals surface area contributed by atoms with Crippen LogP contribution in [0, 0.1) is 5.82 Å². The van der Waals surface area contributed by atoms with E-state index in [2.05, 4.69) is 15.6 Å². The van der Waals surface area contributed by atoms with E-state index in [1.807, 2.05) is 30.3 Å². The predicted molar refractivity (Wildman–Crippen MR) is 104 cm³/mol. The fourth-order valence-corrected chi connectivity index (χ4v) is 2.62. The SMILES string of the molecule is O=C(NCCc1ccccc1)c1cccc(C(=O)NCc2ccc(F)cc2)n1. The van der Waals surface area contributed by atoms with Crippen LogP contribution >= 0.6 is 0 Å². The van der Waals surface area contributed by atoms with E-state index in [1.165, 1.54) is 12.1 Å². The molecule has 0 aliphatic heterocycles. The minimum Gasteiger partial charge on any atom is -0.350 e. The van der Waals surface area contributed by atoms with Gasteiger partial charge in [0.2, 0.25) is 0 Å². The maximum Gasteiger partial charge on any atom is 0.270 e. The normalized spacial score (nSPS) is 10.3. The number of halogens is 1. The van der Waals surface area contributed by atoms with E-state index in [1.54, 1.807) is 30.3 Å². The third-order valence-electron chi connectivity index (χ3n) is 4.12. The Balaban J connectivity index is 1.54. The van der Waals surface area contributed by atoms with Crippen molar-refractivity contribution in [3.8, 4) is 0 Å². The van der Waals surface area contributed by atoms with Crippen LogP contribution < -0.4 is 10.6 Å². The van der Waals surface area contributed by atoms with Crippen molar-refractivity contribution in [2.24, 2.45) is 0 Å². The van der Waals surface area contributed by atoms with Crippen LogP contribution in [0.4, 0.5) is 4.39 Å². The number of benzene rings is 2. The van der Waals surface area contributed by atoms with E-state index >= 15 is 0 Å². The van der Waals surface area contributed by atoms with E-state index in [-0.39, 0.29) is 29.7 Å². The lowest BCUT2D eigenvalue weighted by Crippen LogP contribution is -2.28. The first-order chi connectivity index (χ1) is 13.6. The minimum absolute atomic E-state index is 0.151. The van der Waals surface area contributed by atoms with E-state index in [4.69, 9.17) is 0 Å². The van der Waals surface area contributed by atoms with Gasteiger partial charge in [-0.05, 0) is 41.8 Å². The monoisotopic (exact) mass is 377 g/mol. The molecule has 0 aliphatic rings. The maximum absolute atomic E-state index is 12.9. The van der Waals surface area contributed by atoms with Crippen molar-refractivity contribution in [2.75, 3.05) is 6.54 Å². The number of hydrogen-bond donors (Lipinski definition) is 2. The van der Waals surface area contributed by atoms with Gasteiger partial charge in [0.05, 0.1) is 0 Å². The fourth-order valence-electron chi connectivity index (χ4n) is 2.62. The molecule has 0 aliphatic carbocycles. The zero-order chi connectivity index (χ0) is 19.8. The Labute approximate surface area is 162 Å². The van der Waals surface area contributed by atoms with Gasteiger partial charge in [0.1, 0.15) is 17.2 Å². The number of rotatable bonds is 7. The average Bonchev–Trinajstić information content (AvgIpc) is 2.74. The Morgan fingerprint density at radius 3 is 2.07 bits per heavy atom. The van der Waals surface area contributed by atoms with Crippen molar-refractivity contribution >= 4 is 11.8 Å². The molecule has 0 radical (unpaired) electrons. The molecule has 5 nitrogen and oxygen atoms in total. The highest BCUT2D eigenvalue weighted by molar-refractivity contribution is 5.96. The summed E-state index contributed by atoms with van der Waals surface area (Å²) in [6.07, 6.45) is 0.713. The molecule has 2 aromatic carbocycles. The lowest BCUT2D eigenvalue weighted by atomic mass is 10.1. The molecule has 0 atom stereocenters. The molecule has 2 amide bonds. The van der Waals surface area contributed by atoms with Crippen molar-refractivity contribution in [3.05, 3.63) is 101 Å². The smallest absolute Gasteiger partial charge is 0.270 e. The summed E-state index contributed by atoms with van der Waals surface area (Å²) in [5, 5.41) is 5.52. The molecule has 0 unspecified atom stereocenters. The highest BCUT2D eigenvalue weighted by atomic mass is 19.1. The van der Waals surface area contributed by atoms with Crippen LogP contribution in [-0.4, -0.2) is 23.3 Å². The molecule has 6 heteroatoms. The molecule has 0 saturated carbocycles. The molecule has 28 heavy (non-hydrogen) atoms. The first kappa shape index (κ1) is 19.2. The molecular weight excluding hydrogens is 357 g/mol. The standard InChI is InChI=1S/C22H20FN3O2/c23-18-11-9-17(10-12-18)15-25-22(28)20-8-4-7-19(26-20)21(27)24-14-13-16-5-2-1-3-6-16/h1-12H,13-15H2,(H,24,27)(H,25,28). The zero-order valence-corrected chi connectivity index (χ0v) is 15.2. The van der Waals surface area contributed by atoms with Crippen LogP contribution in [0.15, 0.2) is 72.8 Å². The molecule has 0 fully saturated rings. The Morgan fingerprint density at radius 2 is 1.39 bits per heavy atom. The number of amides is 2. The van der Waals surface area contributed by atoms with Crippen LogP contribution in [0.3, 0.4) is 0 Å². The second-order valence-electron chi connectivity index (χ2n) is 6.21. The molecule has 0 bridgehead atoms. The third kappa shape index (κ3) is 5.48. The molecule has 3 rings (SSSR count). The summed E-state index contributed by atoms with van der Waals surface area (Å²) in [7, 11) is 0. The molecule has 1 heterocycles. The summed E-state index contributed by atoms with van der Waals surface area (Å²) in [4.78, 5) is 28.7. The number of nitrogens with one attached hydrogen (secondary N) is 2. The van der Waals surface area contributed by atoms with Gasteiger partial charge >= 0.3 is 0 Å². The summed E-state index contributed by atoms with van der Waals surface area (Å²) in [5.74, 6) is -1.06. The van der Waals surface area contributed by atoms with Gasteiger partial charge in [0, 0.05) is 13.1 Å². The van der Waals surface area contributed by atoms with E-state index < -0.39 is 5.91 Å². The van der Waals surface area contributed by atoms with Crippen LogP contribution in [0.25, 0.3) is 0 Å². The largest absolute Gasteiger partial charge is 0.350 e. The Bertz CT molecular complexity index is 944. The van der Waals surface area contributed by atoms with Crippen LogP contribution in [0.5, 0.6) is 0 Å². The van der Waals surface area contributed by atoms with Gasteiger partial charge in [-0.2, -0.15) is 0 Å². The van der Waals surface area contributed by atoms with E-state index in [0.717, 1.165) is 11.1 Å². The van der Waals surface area contributed by atoms with Crippen molar-refractivity contribution in [1.29, 1.82) is 0 Å². The van der Waals surface area contributed by atoms with Crippen molar-refractivity contribution in [1.82, 2.24) is 15.6 Å². The highest BCUT2D eigenvalue weighted by Gasteiger charge is 2.12. The van der Waals surface area contributed by atoms with Crippen molar-refractivity contribution in [3.63, 3.8) is 0 Å². The van der Waals surface area contributed by atoms with E-state index in [0.29, 0.717) is 13.0 Å². The van der Waals surface area contributed by atoms with Gasteiger partial charge in [-0.3, -0.25) is 9.59 Å². The number of carbonyl (C=O) groups excluding carboxylic acids is 2.